The molecular formula is C18H15F3N2O4. The summed E-state index contributed by atoms with van der Waals surface area (Å²) in [6, 6.07) is 10.6. The van der Waals surface area contributed by atoms with Crippen molar-refractivity contribution >= 4 is 17.9 Å². The highest BCUT2D eigenvalue weighted by Gasteiger charge is 2.32. The van der Waals surface area contributed by atoms with Crippen molar-refractivity contribution in [3.05, 3.63) is 71.3 Å². The first-order valence-corrected chi connectivity index (χ1v) is 7.68. The van der Waals surface area contributed by atoms with E-state index < -0.39 is 35.8 Å². The molecular weight excluding hydrogens is 365 g/mol. The van der Waals surface area contributed by atoms with Crippen molar-refractivity contribution in [1.29, 1.82) is 0 Å². The fourth-order valence-corrected chi connectivity index (χ4v) is 2.14. The molecule has 3 amide bonds. The fraction of sp³-hybridized carbons (Fsp3) is 0.167. The highest BCUT2D eigenvalue weighted by molar-refractivity contribution is 5.99. The van der Waals surface area contributed by atoms with Crippen LogP contribution >= 0.6 is 0 Å². The third-order valence-electron chi connectivity index (χ3n) is 3.45. The summed E-state index contributed by atoms with van der Waals surface area (Å²) >= 11 is 0. The smallest absolute Gasteiger partial charge is 0.416 e. The average Bonchev–Trinajstić information content (AvgIpc) is 2.65. The van der Waals surface area contributed by atoms with E-state index in [1.54, 1.807) is 18.2 Å². The number of carbonyl (C=O) groups is 3. The van der Waals surface area contributed by atoms with Crippen molar-refractivity contribution < 1.29 is 32.3 Å². The predicted molar refractivity (Wildman–Crippen MR) is 88.6 cm³/mol. The third-order valence-corrected chi connectivity index (χ3v) is 3.45. The van der Waals surface area contributed by atoms with Crippen molar-refractivity contribution in [3.63, 3.8) is 0 Å². The van der Waals surface area contributed by atoms with Crippen LogP contribution in [0.3, 0.4) is 0 Å². The van der Waals surface area contributed by atoms with Crippen molar-refractivity contribution in [2.75, 3.05) is 7.05 Å². The topological polar surface area (TPSA) is 84.5 Å². The predicted octanol–water partition coefficient (Wildman–Crippen LogP) is 3.06. The first-order chi connectivity index (χ1) is 12.7. The van der Waals surface area contributed by atoms with Crippen LogP contribution in [-0.4, -0.2) is 25.0 Å². The zero-order valence-corrected chi connectivity index (χ0v) is 14.0. The van der Waals surface area contributed by atoms with Gasteiger partial charge >= 0.3 is 18.2 Å². The zero-order chi connectivity index (χ0) is 20.0. The minimum Gasteiger partial charge on any atom is -0.444 e. The number of alkyl halides is 3. The van der Waals surface area contributed by atoms with Crippen molar-refractivity contribution in [2.24, 2.45) is 0 Å². The second kappa shape index (κ2) is 8.35. The van der Waals surface area contributed by atoms with Gasteiger partial charge in [0.15, 0.2) is 0 Å². The molecule has 9 heteroatoms. The second-order valence-electron chi connectivity index (χ2n) is 5.34. The number of hydrogen-bond acceptors (Lipinski definition) is 4. The van der Waals surface area contributed by atoms with E-state index in [2.05, 4.69) is 5.32 Å². The summed E-state index contributed by atoms with van der Waals surface area (Å²) < 4.78 is 43.5. The van der Waals surface area contributed by atoms with Crippen molar-refractivity contribution in [2.45, 2.75) is 12.3 Å². The molecule has 2 rings (SSSR count). The summed E-state index contributed by atoms with van der Waals surface area (Å²) in [5.74, 6) is -2.08. The van der Waals surface area contributed by atoms with Gasteiger partial charge in [-0.15, -0.1) is 0 Å². The maximum Gasteiger partial charge on any atom is 0.416 e. The molecule has 2 aromatic carbocycles. The molecule has 142 valence electrons. The number of amides is 3. The molecule has 0 bridgehead atoms. The number of esters is 1. The Morgan fingerprint density at radius 3 is 2.26 bits per heavy atom. The molecule has 2 aromatic rings. The standard InChI is InChI=1S/C18H15F3N2O4/c1-22-17(26)23-15(24)14(11-6-3-2-4-7-11)27-16(25)12-8-5-9-13(10-12)18(19,20)21/h2-10,14H,1H3,(H2,22,23,24,26). The van der Waals surface area contributed by atoms with Crippen LogP contribution in [0.2, 0.25) is 0 Å². The van der Waals surface area contributed by atoms with Crippen molar-refractivity contribution in [3.8, 4) is 0 Å². The Labute approximate surface area is 152 Å². The molecule has 0 aliphatic carbocycles. The maximum absolute atomic E-state index is 12.8. The van der Waals surface area contributed by atoms with Crippen LogP contribution < -0.4 is 10.6 Å². The van der Waals surface area contributed by atoms with Crippen LogP contribution in [0, 0.1) is 0 Å². The number of benzene rings is 2. The molecule has 1 atom stereocenters. The van der Waals surface area contributed by atoms with Gasteiger partial charge in [0.25, 0.3) is 5.91 Å². The molecule has 27 heavy (non-hydrogen) atoms. The van der Waals surface area contributed by atoms with E-state index in [4.69, 9.17) is 4.74 Å². The van der Waals surface area contributed by atoms with Gasteiger partial charge in [0.2, 0.25) is 6.10 Å². The quantitative estimate of drug-likeness (QED) is 0.799. The number of hydrogen-bond donors (Lipinski definition) is 2. The van der Waals surface area contributed by atoms with Gasteiger partial charge in [-0.25, -0.2) is 9.59 Å². The molecule has 1 unspecified atom stereocenters. The molecule has 2 N–H and O–H groups in total. The summed E-state index contributed by atoms with van der Waals surface area (Å²) in [7, 11) is 1.29. The normalized spacial score (nSPS) is 12.0. The summed E-state index contributed by atoms with van der Waals surface area (Å²) in [6.07, 6.45) is -6.16. The lowest BCUT2D eigenvalue weighted by Crippen LogP contribution is -2.41. The van der Waals surface area contributed by atoms with E-state index in [1.807, 2.05) is 5.32 Å². The van der Waals surface area contributed by atoms with Crippen LogP contribution in [0.15, 0.2) is 54.6 Å². The highest BCUT2D eigenvalue weighted by Crippen LogP contribution is 2.30. The molecule has 0 saturated carbocycles. The molecule has 0 spiro atoms. The lowest BCUT2D eigenvalue weighted by atomic mass is 10.1. The first-order valence-electron chi connectivity index (χ1n) is 7.68. The molecule has 0 aliphatic heterocycles. The van der Waals surface area contributed by atoms with Crippen LogP contribution in [0.5, 0.6) is 0 Å². The van der Waals surface area contributed by atoms with E-state index in [9.17, 15) is 27.6 Å². The molecule has 0 aromatic heterocycles. The molecule has 0 heterocycles. The van der Waals surface area contributed by atoms with E-state index in [0.29, 0.717) is 6.07 Å². The number of ether oxygens (including phenoxy) is 1. The Hall–Kier alpha value is -3.36. The second-order valence-corrected chi connectivity index (χ2v) is 5.34. The number of imide groups is 1. The van der Waals surface area contributed by atoms with Gasteiger partial charge in [-0.1, -0.05) is 36.4 Å². The van der Waals surface area contributed by atoms with E-state index in [1.165, 1.54) is 19.2 Å². The highest BCUT2D eigenvalue weighted by atomic mass is 19.4. The average molecular weight is 380 g/mol. The Morgan fingerprint density at radius 2 is 1.67 bits per heavy atom. The van der Waals surface area contributed by atoms with Crippen molar-refractivity contribution in [1.82, 2.24) is 10.6 Å². The lowest BCUT2D eigenvalue weighted by molar-refractivity contribution is -0.137. The van der Waals surface area contributed by atoms with Crippen LogP contribution in [0.1, 0.15) is 27.6 Å². The summed E-state index contributed by atoms with van der Waals surface area (Å²) in [6.45, 7) is 0. The van der Waals surface area contributed by atoms with Crippen LogP contribution in [0.4, 0.5) is 18.0 Å². The van der Waals surface area contributed by atoms with Crippen LogP contribution in [0.25, 0.3) is 0 Å². The first kappa shape index (κ1) is 20.0. The van der Waals surface area contributed by atoms with Gasteiger partial charge in [-0.05, 0) is 18.2 Å². The molecule has 0 radical (unpaired) electrons. The molecule has 0 aliphatic rings. The zero-order valence-electron chi connectivity index (χ0n) is 14.0. The molecule has 6 nitrogen and oxygen atoms in total. The van der Waals surface area contributed by atoms with Gasteiger partial charge in [-0.2, -0.15) is 13.2 Å². The van der Waals surface area contributed by atoms with Gasteiger partial charge in [0.1, 0.15) is 0 Å². The van der Waals surface area contributed by atoms with E-state index >= 15 is 0 Å². The summed E-state index contributed by atoms with van der Waals surface area (Å²) in [4.78, 5) is 35.9. The summed E-state index contributed by atoms with van der Waals surface area (Å²) in [5.41, 5.74) is -1.15. The lowest BCUT2D eigenvalue weighted by Gasteiger charge is -2.18. The largest absolute Gasteiger partial charge is 0.444 e. The Balaban J connectivity index is 2.28. The number of nitrogens with one attached hydrogen (secondary N) is 2. The number of urea groups is 1. The Kier molecular flexibility index (Phi) is 6.17. The Morgan fingerprint density at radius 1 is 1.00 bits per heavy atom. The number of halogens is 3. The van der Waals surface area contributed by atoms with Gasteiger partial charge in [-0.3, -0.25) is 10.1 Å². The minimum absolute atomic E-state index is 0.249. The monoisotopic (exact) mass is 380 g/mol. The summed E-state index contributed by atoms with van der Waals surface area (Å²) in [5, 5.41) is 4.15. The van der Waals surface area contributed by atoms with Gasteiger partial charge < -0.3 is 10.1 Å². The fourth-order valence-electron chi connectivity index (χ4n) is 2.14. The Bertz CT molecular complexity index is 838. The maximum atomic E-state index is 12.8. The minimum atomic E-state index is -4.63. The molecule has 0 fully saturated rings. The SMILES string of the molecule is CNC(=O)NC(=O)C(OC(=O)c1cccc(C(F)(F)F)c1)c1ccccc1. The van der Waals surface area contributed by atoms with Gasteiger partial charge in [0, 0.05) is 12.6 Å². The molecule has 0 saturated heterocycles. The van der Waals surface area contributed by atoms with Crippen LogP contribution in [-0.2, 0) is 15.7 Å². The van der Waals surface area contributed by atoms with E-state index in [0.717, 1.165) is 18.2 Å². The van der Waals surface area contributed by atoms with Gasteiger partial charge in [0.05, 0.1) is 11.1 Å². The number of carbonyl (C=O) groups excluding carboxylic acids is 3. The third kappa shape index (κ3) is 5.30. The van der Waals surface area contributed by atoms with E-state index in [-0.39, 0.29) is 11.1 Å². The number of rotatable bonds is 4.